The maximum atomic E-state index is 13.1. The van der Waals surface area contributed by atoms with Crippen molar-refractivity contribution in [2.75, 3.05) is 39.6 Å². The first-order valence-electron chi connectivity index (χ1n) is 37.5. The van der Waals surface area contributed by atoms with Crippen LogP contribution in [0.25, 0.3) is 0 Å². The summed E-state index contributed by atoms with van der Waals surface area (Å²) in [6.45, 7) is 4.60. The Morgan fingerprint density at radius 1 is 0.302 bits per heavy atom. The number of rotatable bonds is 70. The zero-order valence-corrected chi connectivity index (χ0v) is 62.1. The van der Waals surface area contributed by atoms with Gasteiger partial charge < -0.3 is 33.8 Å². The molecule has 0 aliphatic heterocycles. The summed E-state index contributed by atoms with van der Waals surface area (Å²) in [5.74, 6) is -2.25. The van der Waals surface area contributed by atoms with Gasteiger partial charge in [-0.05, 0) is 141 Å². The van der Waals surface area contributed by atoms with Gasteiger partial charge in [0.2, 0.25) is 0 Å². The molecule has 96 heavy (non-hydrogen) atoms. The average molecular weight is 1390 g/mol. The topological polar surface area (TPSA) is 237 Å². The highest BCUT2D eigenvalue weighted by Crippen LogP contribution is 2.45. The molecule has 0 aromatic heterocycles. The highest BCUT2D eigenvalue weighted by Gasteiger charge is 2.30. The fourth-order valence-corrected chi connectivity index (χ4v) is 11.3. The van der Waals surface area contributed by atoms with E-state index in [1.165, 1.54) is 64.2 Å². The van der Waals surface area contributed by atoms with E-state index in [1.54, 1.807) is 0 Å². The number of carbonyl (C=O) groups is 4. The summed E-state index contributed by atoms with van der Waals surface area (Å²) in [6, 6.07) is 0. The van der Waals surface area contributed by atoms with Crippen molar-refractivity contribution < 1.29 is 80.2 Å². The first-order valence-corrected chi connectivity index (χ1v) is 40.5. The van der Waals surface area contributed by atoms with Gasteiger partial charge in [0.1, 0.15) is 19.3 Å². The standard InChI is InChI=1S/C77H134O17P2/c1-5-9-13-17-21-25-29-33-35-39-42-46-50-54-58-62-75(80)88-68-73(94-77(82)64-60-56-52-48-44-40-36-34-30-26-22-18-14-10-6-2)70-92-96(85,86)90-66-71(78)65-89-95(83,84)91-69-72(93-76(81)63-59-55-51-47-43-38-32-28-24-20-16-12-8-4)67-87-74(79)61-57-53-49-45-41-37-31-27-23-19-15-11-7-3/h9,13,15,19,21,25,27-28,31-36,42,46,71-73,78H,5-8,10-12,14,16-18,20,22-24,26,29-30,37-41,43-45,47-70H2,1-4H3,(H,83,84)(H,85,86)/b13-9-,19-15-,25-21-,31-27-,32-28-,35-33-,36-34-,46-42-. The summed E-state index contributed by atoms with van der Waals surface area (Å²) in [5.41, 5.74) is 0. The highest BCUT2D eigenvalue weighted by atomic mass is 31.2. The SMILES string of the molecule is CC/C=C\C/C=C\C/C=C\C/C=C\CCCCC(=O)OCC(COP(=O)(O)OCC(O)COP(=O)(O)OCC(COC(=O)CCCCCCC/C=C\C/C=C\CCC)OC(=O)CCCCCCC/C=C\CCCCCC)OC(=O)CCCCCCC/C=C\CCCCCCCC. The summed E-state index contributed by atoms with van der Waals surface area (Å²) < 4.78 is 68.3. The molecule has 0 aromatic rings. The van der Waals surface area contributed by atoms with Gasteiger partial charge >= 0.3 is 39.5 Å². The second kappa shape index (κ2) is 69.5. The molecule has 17 nitrogen and oxygen atoms in total. The van der Waals surface area contributed by atoms with E-state index in [4.69, 9.17) is 37.0 Å². The highest BCUT2D eigenvalue weighted by molar-refractivity contribution is 7.47. The van der Waals surface area contributed by atoms with Crippen LogP contribution >= 0.6 is 15.6 Å². The van der Waals surface area contributed by atoms with Crippen LogP contribution in [-0.4, -0.2) is 96.7 Å². The molecule has 0 saturated heterocycles. The van der Waals surface area contributed by atoms with Crippen LogP contribution < -0.4 is 0 Å². The van der Waals surface area contributed by atoms with Crippen molar-refractivity contribution in [1.82, 2.24) is 0 Å². The van der Waals surface area contributed by atoms with Crippen LogP contribution in [-0.2, 0) is 65.4 Å². The number of ether oxygens (including phenoxy) is 4. The van der Waals surface area contributed by atoms with E-state index in [2.05, 4.69) is 125 Å². The first kappa shape index (κ1) is 92.0. The molecule has 0 heterocycles. The van der Waals surface area contributed by atoms with Crippen LogP contribution in [0.2, 0.25) is 0 Å². The molecule has 0 aliphatic carbocycles. The fourth-order valence-electron chi connectivity index (χ4n) is 9.77. The van der Waals surface area contributed by atoms with Crippen molar-refractivity contribution in [3.63, 3.8) is 0 Å². The Hall–Kier alpha value is -4.02. The lowest BCUT2D eigenvalue weighted by molar-refractivity contribution is -0.161. The lowest BCUT2D eigenvalue weighted by Crippen LogP contribution is -2.30. The third-order valence-electron chi connectivity index (χ3n) is 15.5. The average Bonchev–Trinajstić information content (AvgIpc) is 1.36. The van der Waals surface area contributed by atoms with Gasteiger partial charge in [0.15, 0.2) is 12.2 Å². The number of hydrogen-bond acceptors (Lipinski definition) is 15. The molecular formula is C77H134O17P2. The fraction of sp³-hybridized carbons (Fsp3) is 0.740. The van der Waals surface area contributed by atoms with Crippen molar-refractivity contribution in [2.24, 2.45) is 0 Å². The Kier molecular flexibility index (Phi) is 66.6. The van der Waals surface area contributed by atoms with Crippen molar-refractivity contribution in [3.8, 4) is 0 Å². The van der Waals surface area contributed by atoms with E-state index in [1.807, 2.05) is 0 Å². The van der Waals surface area contributed by atoms with Crippen molar-refractivity contribution in [2.45, 2.75) is 329 Å². The van der Waals surface area contributed by atoms with E-state index in [9.17, 15) is 43.2 Å². The molecule has 0 radical (unpaired) electrons. The molecule has 554 valence electrons. The van der Waals surface area contributed by atoms with Gasteiger partial charge in [0.25, 0.3) is 0 Å². The molecule has 5 unspecified atom stereocenters. The monoisotopic (exact) mass is 1390 g/mol. The Morgan fingerprint density at radius 3 is 0.917 bits per heavy atom. The number of allylic oxidation sites excluding steroid dienone is 16. The molecule has 0 bridgehead atoms. The molecule has 5 atom stereocenters. The van der Waals surface area contributed by atoms with Gasteiger partial charge in [-0.25, -0.2) is 9.13 Å². The Morgan fingerprint density at radius 2 is 0.562 bits per heavy atom. The summed E-state index contributed by atoms with van der Waals surface area (Å²) >= 11 is 0. The number of phosphoric acid groups is 2. The van der Waals surface area contributed by atoms with Crippen LogP contribution in [0.4, 0.5) is 0 Å². The van der Waals surface area contributed by atoms with Gasteiger partial charge in [-0.2, -0.15) is 0 Å². The number of aliphatic hydroxyl groups excluding tert-OH is 1. The lowest BCUT2D eigenvalue weighted by atomic mass is 10.1. The van der Waals surface area contributed by atoms with Crippen LogP contribution in [0.3, 0.4) is 0 Å². The van der Waals surface area contributed by atoms with E-state index in [0.717, 1.165) is 167 Å². The first-order chi connectivity index (χ1) is 46.7. The minimum Gasteiger partial charge on any atom is -0.462 e. The lowest BCUT2D eigenvalue weighted by Gasteiger charge is -2.21. The summed E-state index contributed by atoms with van der Waals surface area (Å²) in [5, 5.41) is 10.6. The Balaban J connectivity index is 5.39. The zero-order valence-electron chi connectivity index (χ0n) is 60.3. The summed E-state index contributed by atoms with van der Waals surface area (Å²) in [6.07, 6.45) is 71.2. The molecule has 3 N–H and O–H groups in total. The van der Waals surface area contributed by atoms with Gasteiger partial charge in [0, 0.05) is 25.7 Å². The third-order valence-corrected chi connectivity index (χ3v) is 17.4. The minimum absolute atomic E-state index is 0.0757. The molecule has 0 spiro atoms. The Bertz CT molecular complexity index is 2200. The molecule has 0 rings (SSSR count). The predicted molar refractivity (Wildman–Crippen MR) is 390 cm³/mol. The normalized spacial score (nSPS) is 14.5. The van der Waals surface area contributed by atoms with Crippen molar-refractivity contribution >= 4 is 39.5 Å². The minimum atomic E-state index is -4.98. The maximum absolute atomic E-state index is 13.1. The molecule has 0 fully saturated rings. The molecule has 19 heteroatoms. The molecule has 0 amide bonds. The summed E-state index contributed by atoms with van der Waals surface area (Å²) in [4.78, 5) is 72.7. The summed E-state index contributed by atoms with van der Waals surface area (Å²) in [7, 11) is -9.96. The second-order valence-electron chi connectivity index (χ2n) is 24.8. The van der Waals surface area contributed by atoms with Gasteiger partial charge in [-0.15, -0.1) is 0 Å². The number of carbonyl (C=O) groups excluding carboxylic acids is 4. The van der Waals surface area contributed by atoms with Crippen LogP contribution in [0.5, 0.6) is 0 Å². The van der Waals surface area contributed by atoms with Gasteiger partial charge in [-0.3, -0.25) is 37.3 Å². The van der Waals surface area contributed by atoms with Crippen molar-refractivity contribution in [1.29, 1.82) is 0 Å². The molecule has 0 aliphatic rings. The van der Waals surface area contributed by atoms with Gasteiger partial charge in [0.05, 0.1) is 26.4 Å². The smallest absolute Gasteiger partial charge is 0.462 e. The number of aliphatic hydroxyl groups is 1. The number of esters is 4. The number of phosphoric ester groups is 2. The van der Waals surface area contributed by atoms with Gasteiger partial charge in [-0.1, -0.05) is 240 Å². The molecule has 0 saturated carbocycles. The third kappa shape index (κ3) is 68.5. The quantitative estimate of drug-likeness (QED) is 0.0169. The number of hydrogen-bond donors (Lipinski definition) is 3. The maximum Gasteiger partial charge on any atom is 0.472 e. The van der Waals surface area contributed by atoms with Crippen LogP contribution in [0.1, 0.15) is 310 Å². The van der Waals surface area contributed by atoms with E-state index in [-0.39, 0.29) is 25.7 Å². The predicted octanol–water partition coefficient (Wildman–Crippen LogP) is 21.2. The second-order valence-corrected chi connectivity index (χ2v) is 27.8. The van der Waals surface area contributed by atoms with Crippen LogP contribution in [0.15, 0.2) is 97.2 Å². The van der Waals surface area contributed by atoms with Crippen molar-refractivity contribution in [3.05, 3.63) is 97.2 Å². The Labute approximate surface area is 582 Å². The van der Waals surface area contributed by atoms with Crippen LogP contribution in [0, 0.1) is 0 Å². The number of unbranched alkanes of at least 4 members (excludes halogenated alkanes) is 28. The molecule has 0 aromatic carbocycles. The van der Waals surface area contributed by atoms with E-state index in [0.29, 0.717) is 25.7 Å². The van der Waals surface area contributed by atoms with E-state index >= 15 is 0 Å². The largest absolute Gasteiger partial charge is 0.472 e. The molecular weight excluding hydrogens is 1260 g/mol. The van der Waals surface area contributed by atoms with E-state index < -0.39 is 97.5 Å². The zero-order chi connectivity index (χ0) is 70.4.